The Bertz CT molecular complexity index is 1070. The van der Waals surface area contributed by atoms with E-state index < -0.39 is 11.9 Å². The summed E-state index contributed by atoms with van der Waals surface area (Å²) in [5, 5.41) is 17.0. The zero-order chi connectivity index (χ0) is 19.7. The first-order valence-corrected chi connectivity index (χ1v) is 8.89. The Morgan fingerprint density at radius 1 is 1.21 bits per heavy atom. The van der Waals surface area contributed by atoms with Crippen LogP contribution in [0.3, 0.4) is 0 Å². The second kappa shape index (κ2) is 7.15. The van der Waals surface area contributed by atoms with E-state index in [2.05, 4.69) is 15.6 Å². The SMILES string of the molecule is O=C1CCC(n2cc3c(CNC(=O)c4ccccn4)cccc3c2O)C(=O)N1. The van der Waals surface area contributed by atoms with Gasteiger partial charge in [-0.2, -0.15) is 0 Å². The molecule has 28 heavy (non-hydrogen) atoms. The van der Waals surface area contributed by atoms with Gasteiger partial charge in [0.2, 0.25) is 11.8 Å². The summed E-state index contributed by atoms with van der Waals surface area (Å²) in [6, 6.07) is 9.81. The predicted octanol–water partition coefficient (Wildman–Crippen LogP) is 1.65. The number of fused-ring (bicyclic) bond motifs is 1. The number of carbonyl (C=O) groups excluding carboxylic acids is 3. The molecule has 0 aliphatic carbocycles. The summed E-state index contributed by atoms with van der Waals surface area (Å²) in [5.74, 6) is -1.08. The maximum atomic E-state index is 12.2. The van der Waals surface area contributed by atoms with Gasteiger partial charge in [-0.25, -0.2) is 0 Å². The lowest BCUT2D eigenvalue weighted by atomic mass is 10.1. The molecule has 1 saturated heterocycles. The molecule has 4 rings (SSSR count). The number of hydrogen-bond donors (Lipinski definition) is 3. The first-order valence-electron chi connectivity index (χ1n) is 8.89. The Hall–Kier alpha value is -3.68. The molecule has 3 aromatic rings. The van der Waals surface area contributed by atoms with Crippen LogP contribution in [-0.4, -0.2) is 32.4 Å². The molecule has 0 spiro atoms. The summed E-state index contributed by atoms with van der Waals surface area (Å²) in [7, 11) is 0. The van der Waals surface area contributed by atoms with Gasteiger partial charge >= 0.3 is 0 Å². The van der Waals surface area contributed by atoms with E-state index in [0.717, 1.165) is 10.9 Å². The van der Waals surface area contributed by atoms with Crippen LogP contribution in [0.2, 0.25) is 0 Å². The van der Waals surface area contributed by atoms with Crippen molar-refractivity contribution in [1.82, 2.24) is 20.2 Å². The van der Waals surface area contributed by atoms with Crippen LogP contribution in [0.4, 0.5) is 0 Å². The third kappa shape index (κ3) is 3.20. The third-order valence-electron chi connectivity index (χ3n) is 4.83. The fraction of sp³-hybridized carbons (Fsp3) is 0.200. The molecule has 1 aliphatic rings. The zero-order valence-electron chi connectivity index (χ0n) is 14.9. The molecule has 1 atom stereocenters. The van der Waals surface area contributed by atoms with E-state index >= 15 is 0 Å². The van der Waals surface area contributed by atoms with Crippen molar-refractivity contribution in [2.45, 2.75) is 25.4 Å². The number of pyridine rings is 1. The molecular formula is C20H18N4O4. The van der Waals surface area contributed by atoms with Gasteiger partial charge in [0.1, 0.15) is 11.7 Å². The van der Waals surface area contributed by atoms with Gasteiger partial charge < -0.3 is 15.0 Å². The number of rotatable bonds is 4. The number of benzene rings is 1. The van der Waals surface area contributed by atoms with E-state index in [-0.39, 0.29) is 30.7 Å². The van der Waals surface area contributed by atoms with E-state index in [1.54, 1.807) is 42.7 Å². The van der Waals surface area contributed by atoms with E-state index in [9.17, 15) is 19.5 Å². The fourth-order valence-corrected chi connectivity index (χ4v) is 3.40. The summed E-state index contributed by atoms with van der Waals surface area (Å²) >= 11 is 0. The van der Waals surface area contributed by atoms with Crippen LogP contribution in [0, 0.1) is 0 Å². The minimum Gasteiger partial charge on any atom is -0.494 e. The molecule has 0 saturated carbocycles. The molecule has 1 fully saturated rings. The van der Waals surface area contributed by atoms with Crippen LogP contribution in [0.25, 0.3) is 10.8 Å². The Kier molecular flexibility index (Phi) is 4.52. The molecule has 1 aliphatic heterocycles. The Labute approximate surface area is 160 Å². The van der Waals surface area contributed by atoms with Gasteiger partial charge in [0, 0.05) is 36.1 Å². The van der Waals surface area contributed by atoms with Gasteiger partial charge in [-0.15, -0.1) is 0 Å². The van der Waals surface area contributed by atoms with E-state index in [4.69, 9.17) is 0 Å². The van der Waals surface area contributed by atoms with Gasteiger partial charge in [-0.3, -0.25) is 24.7 Å². The molecule has 3 amide bonds. The molecular weight excluding hydrogens is 360 g/mol. The number of nitrogens with zero attached hydrogens (tertiary/aromatic N) is 2. The predicted molar refractivity (Wildman–Crippen MR) is 100 cm³/mol. The highest BCUT2D eigenvalue weighted by molar-refractivity contribution is 6.00. The number of aromatic nitrogens is 2. The number of hydrogen-bond acceptors (Lipinski definition) is 5. The van der Waals surface area contributed by atoms with Gasteiger partial charge in [0.25, 0.3) is 5.91 Å². The molecule has 0 bridgehead atoms. The van der Waals surface area contributed by atoms with E-state index in [1.807, 2.05) is 6.07 Å². The van der Waals surface area contributed by atoms with Gasteiger partial charge in [-0.05, 0) is 30.2 Å². The van der Waals surface area contributed by atoms with Crippen molar-refractivity contribution in [3.8, 4) is 5.88 Å². The molecule has 3 N–H and O–H groups in total. The van der Waals surface area contributed by atoms with E-state index in [0.29, 0.717) is 17.5 Å². The van der Waals surface area contributed by atoms with Crippen molar-refractivity contribution in [3.05, 3.63) is 60.0 Å². The minimum atomic E-state index is -0.652. The van der Waals surface area contributed by atoms with Crippen molar-refractivity contribution in [1.29, 1.82) is 0 Å². The zero-order valence-corrected chi connectivity index (χ0v) is 14.9. The highest BCUT2D eigenvalue weighted by Gasteiger charge is 2.30. The Morgan fingerprint density at radius 3 is 2.82 bits per heavy atom. The molecule has 8 nitrogen and oxygen atoms in total. The third-order valence-corrected chi connectivity index (χ3v) is 4.83. The quantitative estimate of drug-likeness (QED) is 0.598. The lowest BCUT2D eigenvalue weighted by Crippen LogP contribution is -2.41. The summed E-state index contributed by atoms with van der Waals surface area (Å²) in [5.41, 5.74) is 1.11. The van der Waals surface area contributed by atoms with Crippen molar-refractivity contribution in [2.24, 2.45) is 0 Å². The number of carbonyl (C=O) groups is 3. The topological polar surface area (TPSA) is 113 Å². The molecule has 1 aromatic carbocycles. The number of imide groups is 1. The van der Waals surface area contributed by atoms with Gasteiger partial charge in [-0.1, -0.05) is 18.2 Å². The fourth-order valence-electron chi connectivity index (χ4n) is 3.40. The van der Waals surface area contributed by atoms with E-state index in [1.165, 1.54) is 4.57 Å². The second-order valence-corrected chi connectivity index (χ2v) is 6.60. The smallest absolute Gasteiger partial charge is 0.270 e. The van der Waals surface area contributed by atoms with Gasteiger partial charge in [0.15, 0.2) is 5.88 Å². The highest BCUT2D eigenvalue weighted by Crippen LogP contribution is 2.34. The number of nitrogens with one attached hydrogen (secondary N) is 2. The van der Waals surface area contributed by atoms with Crippen LogP contribution in [0.5, 0.6) is 5.88 Å². The second-order valence-electron chi connectivity index (χ2n) is 6.60. The normalized spacial score (nSPS) is 16.8. The van der Waals surface area contributed by atoms with Crippen molar-refractivity contribution in [3.63, 3.8) is 0 Å². The van der Waals surface area contributed by atoms with Crippen LogP contribution >= 0.6 is 0 Å². The molecule has 3 heterocycles. The average molecular weight is 378 g/mol. The maximum Gasteiger partial charge on any atom is 0.270 e. The molecule has 1 unspecified atom stereocenters. The van der Waals surface area contributed by atoms with Crippen molar-refractivity contribution < 1.29 is 19.5 Å². The number of amides is 3. The first kappa shape index (κ1) is 17.7. The molecule has 142 valence electrons. The largest absolute Gasteiger partial charge is 0.494 e. The summed E-state index contributed by atoms with van der Waals surface area (Å²) in [6.07, 6.45) is 3.78. The van der Waals surface area contributed by atoms with Crippen LogP contribution in [0.15, 0.2) is 48.8 Å². The summed E-state index contributed by atoms with van der Waals surface area (Å²) in [6.45, 7) is 0.242. The number of aromatic hydroxyl groups is 1. The molecule has 2 aromatic heterocycles. The van der Waals surface area contributed by atoms with Crippen LogP contribution in [0.1, 0.15) is 34.9 Å². The lowest BCUT2D eigenvalue weighted by Gasteiger charge is -2.22. The van der Waals surface area contributed by atoms with Crippen molar-refractivity contribution in [2.75, 3.05) is 0 Å². The first-order chi connectivity index (χ1) is 13.5. The van der Waals surface area contributed by atoms with Gasteiger partial charge in [0.05, 0.1) is 0 Å². The Morgan fingerprint density at radius 2 is 2.07 bits per heavy atom. The average Bonchev–Trinajstić information content (AvgIpc) is 3.04. The summed E-state index contributed by atoms with van der Waals surface area (Å²) in [4.78, 5) is 39.8. The standard InChI is InChI=1S/C20H18N4O4/c25-17-8-7-16(19(27)23-17)24-11-14-12(4-3-5-13(14)20(24)28)10-22-18(26)15-6-1-2-9-21-15/h1-6,9,11,16,28H,7-8,10H2,(H,22,26)(H,23,25,27). The van der Waals surface area contributed by atoms with Crippen LogP contribution in [-0.2, 0) is 16.1 Å². The molecule has 0 radical (unpaired) electrons. The van der Waals surface area contributed by atoms with Crippen LogP contribution < -0.4 is 10.6 Å². The monoisotopic (exact) mass is 378 g/mol. The highest BCUT2D eigenvalue weighted by atomic mass is 16.3. The van der Waals surface area contributed by atoms with Crippen molar-refractivity contribution >= 4 is 28.5 Å². The Balaban J connectivity index is 1.61. The number of piperidine rings is 1. The lowest BCUT2D eigenvalue weighted by molar-refractivity contribution is -0.135. The maximum absolute atomic E-state index is 12.2. The summed E-state index contributed by atoms with van der Waals surface area (Å²) < 4.78 is 1.48. The minimum absolute atomic E-state index is 0.0394. The molecule has 8 heteroatoms.